The van der Waals surface area contributed by atoms with E-state index in [9.17, 15) is 14.2 Å². The van der Waals surface area contributed by atoms with Crippen LogP contribution in [0, 0.1) is 25.6 Å². The summed E-state index contributed by atoms with van der Waals surface area (Å²) >= 11 is 0. The lowest BCUT2D eigenvalue weighted by Crippen LogP contribution is -2.41. The van der Waals surface area contributed by atoms with Gasteiger partial charge in [-0.2, -0.15) is 5.10 Å². The smallest absolute Gasteiger partial charge is 0.381 e. The molecule has 10 rings (SSSR count). The fourth-order valence-corrected chi connectivity index (χ4v) is 12.6. The molecule has 1 saturated heterocycles. The Labute approximate surface area is 388 Å². The van der Waals surface area contributed by atoms with E-state index in [1.807, 2.05) is 75.0 Å². The minimum absolute atomic E-state index is 0.0221. The quantitative estimate of drug-likeness (QED) is 0.141. The number of ether oxygens (including phenoxy) is 1. The first-order chi connectivity index (χ1) is 31.8. The fourth-order valence-electron chi connectivity index (χ4n) is 10.7. The third kappa shape index (κ3) is 7.05. The lowest BCUT2D eigenvalue weighted by molar-refractivity contribution is 0.0663. The predicted octanol–water partition coefficient (Wildman–Crippen LogP) is 8.62. The minimum atomic E-state index is -2.78. The topological polar surface area (TPSA) is 155 Å². The van der Waals surface area contributed by atoms with Crippen LogP contribution in [0.5, 0.6) is 0 Å². The van der Waals surface area contributed by atoms with Gasteiger partial charge in [-0.25, -0.2) is 18.7 Å². The van der Waals surface area contributed by atoms with E-state index in [0.29, 0.717) is 90.3 Å². The SMILES string of the molecule is CCc1cc(-n2ccn(-c3c4c(nn3-c3cc(C)c(F)c(C)c3)CCN(C(=O)c3cc5cc(C6CCOCC6)ccc5n3C3(c5noc(=O)[nH]5)CC3C)C4C)c2=O)ccc1P(C)(=O)C(C)(C)C. The highest BCUT2D eigenvalue weighted by molar-refractivity contribution is 7.72. The molecule has 4 atom stereocenters. The lowest BCUT2D eigenvalue weighted by Gasteiger charge is -2.34. The molecule has 1 N–H and O–H groups in total. The number of rotatable bonds is 9. The molecule has 67 heavy (non-hydrogen) atoms. The Bertz CT molecular complexity index is 3280. The van der Waals surface area contributed by atoms with Gasteiger partial charge in [-0.05, 0) is 136 Å². The zero-order valence-corrected chi connectivity index (χ0v) is 40.5. The number of H-pyrrole nitrogens is 1. The van der Waals surface area contributed by atoms with Gasteiger partial charge >= 0.3 is 11.4 Å². The van der Waals surface area contributed by atoms with Crippen LogP contribution in [0.2, 0.25) is 0 Å². The first kappa shape index (κ1) is 44.8. The zero-order valence-electron chi connectivity index (χ0n) is 39.6. The summed E-state index contributed by atoms with van der Waals surface area (Å²) in [6, 6.07) is 16.9. The second kappa shape index (κ2) is 16.0. The summed E-state index contributed by atoms with van der Waals surface area (Å²) in [6.45, 7) is 19.0. The number of fused-ring (bicyclic) bond motifs is 2. The van der Waals surface area contributed by atoms with Crippen LogP contribution in [-0.4, -0.2) is 76.0 Å². The molecule has 1 saturated carbocycles. The van der Waals surface area contributed by atoms with Gasteiger partial charge in [0.2, 0.25) is 0 Å². The van der Waals surface area contributed by atoms with Crippen LogP contribution in [-0.2, 0) is 27.7 Å². The number of aromatic amines is 1. The van der Waals surface area contributed by atoms with Gasteiger partial charge in [-0.1, -0.05) is 45.8 Å². The van der Waals surface area contributed by atoms with Crippen molar-refractivity contribution in [3.63, 3.8) is 0 Å². The highest BCUT2D eigenvalue weighted by atomic mass is 31.2. The van der Waals surface area contributed by atoms with E-state index in [4.69, 9.17) is 14.4 Å². The van der Waals surface area contributed by atoms with E-state index >= 15 is 9.18 Å². The molecule has 2 fully saturated rings. The Kier molecular flexibility index (Phi) is 10.7. The summed E-state index contributed by atoms with van der Waals surface area (Å²) in [7, 11) is -2.78. The van der Waals surface area contributed by atoms with E-state index in [1.54, 1.807) is 52.2 Å². The van der Waals surface area contributed by atoms with Crippen molar-refractivity contribution in [2.75, 3.05) is 26.4 Å². The first-order valence-electron chi connectivity index (χ1n) is 23.4. The number of hydrogen-bond acceptors (Lipinski definition) is 8. The van der Waals surface area contributed by atoms with Crippen molar-refractivity contribution >= 4 is 29.3 Å². The number of halogens is 1. The van der Waals surface area contributed by atoms with Crippen molar-refractivity contribution < 1.29 is 23.0 Å². The summed E-state index contributed by atoms with van der Waals surface area (Å²) in [5.74, 6) is -0.0293. The molecule has 0 spiro atoms. The molecule has 6 heterocycles. The number of carbonyl (C=O) groups is 1. The van der Waals surface area contributed by atoms with Gasteiger partial charge in [0.1, 0.15) is 30.0 Å². The maximum absolute atomic E-state index is 15.6. The molecule has 1 amide bonds. The van der Waals surface area contributed by atoms with Crippen molar-refractivity contribution in [2.24, 2.45) is 5.92 Å². The molecule has 7 aromatic rings. The summed E-state index contributed by atoms with van der Waals surface area (Å²) in [5, 5.41) is 10.6. The molecule has 14 nitrogen and oxygen atoms in total. The Hall–Kier alpha value is -6.05. The van der Waals surface area contributed by atoms with Crippen molar-refractivity contribution in [1.29, 1.82) is 0 Å². The van der Waals surface area contributed by atoms with Crippen molar-refractivity contribution in [3.05, 3.63) is 139 Å². The van der Waals surface area contributed by atoms with Gasteiger partial charge in [-0.15, -0.1) is 0 Å². The molecule has 1 aliphatic carbocycles. The number of aromatic nitrogens is 7. The van der Waals surface area contributed by atoms with Crippen LogP contribution in [0.15, 0.2) is 81.1 Å². The van der Waals surface area contributed by atoms with E-state index in [1.165, 1.54) is 5.56 Å². The van der Waals surface area contributed by atoms with Crippen LogP contribution in [0.4, 0.5) is 4.39 Å². The van der Waals surface area contributed by atoms with E-state index < -0.39 is 29.6 Å². The predicted molar refractivity (Wildman–Crippen MR) is 256 cm³/mol. The highest BCUT2D eigenvalue weighted by Gasteiger charge is 2.59. The molecular weight excluding hydrogens is 871 g/mol. The Morgan fingerprint density at radius 3 is 2.31 bits per heavy atom. The maximum Gasteiger partial charge on any atom is 0.438 e. The van der Waals surface area contributed by atoms with E-state index in [-0.39, 0.29) is 23.3 Å². The zero-order chi connectivity index (χ0) is 47.5. The third-order valence-corrected chi connectivity index (χ3v) is 19.0. The number of imidazole rings is 1. The van der Waals surface area contributed by atoms with Gasteiger partial charge in [0, 0.05) is 65.5 Å². The Morgan fingerprint density at radius 1 is 0.970 bits per heavy atom. The second-order valence-electron chi connectivity index (χ2n) is 20.0. The van der Waals surface area contributed by atoms with Gasteiger partial charge in [-0.3, -0.25) is 23.4 Å². The number of nitrogens with one attached hydrogen (secondary N) is 1. The highest BCUT2D eigenvalue weighted by Crippen LogP contribution is 2.56. The number of amides is 1. The van der Waals surface area contributed by atoms with Gasteiger partial charge in [0.05, 0.1) is 23.1 Å². The number of benzene rings is 3. The third-order valence-electron chi connectivity index (χ3n) is 15.1. The number of aryl methyl sites for hydroxylation is 3. The molecule has 0 bridgehead atoms. The number of carbonyl (C=O) groups excluding carboxylic acids is 1. The number of hydrogen-bond donors (Lipinski definition) is 1. The van der Waals surface area contributed by atoms with Crippen molar-refractivity contribution in [3.8, 4) is 17.2 Å². The first-order valence-corrected chi connectivity index (χ1v) is 25.5. The van der Waals surface area contributed by atoms with Crippen LogP contribution in [0.25, 0.3) is 28.1 Å². The monoisotopic (exact) mass is 928 g/mol. The largest absolute Gasteiger partial charge is 0.438 e. The molecule has 4 aromatic heterocycles. The molecule has 16 heteroatoms. The summed E-state index contributed by atoms with van der Waals surface area (Å²) in [5.41, 5.74) is 5.69. The van der Waals surface area contributed by atoms with E-state index in [0.717, 1.165) is 40.3 Å². The van der Waals surface area contributed by atoms with Gasteiger partial charge < -0.3 is 18.8 Å². The molecule has 2 aliphatic heterocycles. The average molecular weight is 929 g/mol. The van der Waals surface area contributed by atoms with Crippen LogP contribution >= 0.6 is 7.14 Å². The number of nitrogens with zero attached hydrogens (tertiary/aromatic N) is 7. The summed E-state index contributed by atoms with van der Waals surface area (Å²) in [6.07, 6.45) is 6.89. The van der Waals surface area contributed by atoms with Gasteiger partial charge in [0.25, 0.3) is 5.91 Å². The van der Waals surface area contributed by atoms with Crippen molar-refractivity contribution in [2.45, 2.75) is 110 Å². The molecule has 350 valence electrons. The van der Waals surface area contributed by atoms with Crippen LogP contribution in [0.3, 0.4) is 0 Å². The van der Waals surface area contributed by atoms with Crippen LogP contribution < -0.4 is 16.8 Å². The standard InChI is InChI=1S/C51H58FN8O6P/c1-10-33-26-37(12-14-42(33)67(9,64)50(6,7)8)57-19-20-58(49(57)63)45-43-32(5)56(18-15-39(43)54-60(45)38-23-29(2)44(52)30(3)24-38)46(61)41-27-36-25-35(34-16-21-65-22-17-34)11-13-40(36)59(41)51(28-31(51)4)47-53-48(62)66-55-47/h11-14,19-20,23-27,31-32,34H,10,15-18,21-22,28H2,1-9H3,(H,53,55,62). The Balaban J connectivity index is 1.11. The van der Waals surface area contributed by atoms with Crippen LogP contribution in [0.1, 0.15) is 123 Å². The molecule has 4 unspecified atom stereocenters. The molecule has 3 aromatic carbocycles. The Morgan fingerprint density at radius 2 is 1.67 bits per heavy atom. The molecule has 3 aliphatic rings. The summed E-state index contributed by atoms with van der Waals surface area (Å²) in [4.78, 5) is 47.6. The second-order valence-corrected chi connectivity index (χ2v) is 23.7. The molecule has 0 radical (unpaired) electrons. The molecular formula is C51H58FN8O6P. The fraction of sp³-hybridized carbons (Fsp3) is 0.431. The van der Waals surface area contributed by atoms with E-state index in [2.05, 4.69) is 35.3 Å². The maximum atomic E-state index is 15.6. The summed E-state index contributed by atoms with van der Waals surface area (Å²) < 4.78 is 47.0. The lowest BCUT2D eigenvalue weighted by atomic mass is 9.91. The van der Waals surface area contributed by atoms with Crippen molar-refractivity contribution in [1.82, 2.24) is 38.5 Å². The van der Waals surface area contributed by atoms with Gasteiger partial charge in [0.15, 0.2) is 5.82 Å². The normalized spacial score (nSPS) is 20.9. The average Bonchev–Trinajstić information content (AvgIpc) is 3.80. The minimum Gasteiger partial charge on any atom is -0.381 e.